The molecule has 0 fully saturated rings. The van der Waals surface area contributed by atoms with Gasteiger partial charge in [-0.3, -0.25) is 14.3 Å². The minimum absolute atomic E-state index is 0.159. The summed E-state index contributed by atoms with van der Waals surface area (Å²) in [4.78, 5) is 34.9. The van der Waals surface area contributed by atoms with Crippen molar-refractivity contribution in [3.63, 3.8) is 0 Å². The molecule has 1 atom stereocenters. The van der Waals surface area contributed by atoms with Crippen molar-refractivity contribution < 1.29 is 9.32 Å². The van der Waals surface area contributed by atoms with E-state index in [0.717, 1.165) is 10.5 Å². The predicted molar refractivity (Wildman–Crippen MR) is 92.3 cm³/mol. The van der Waals surface area contributed by atoms with Gasteiger partial charge in [0.1, 0.15) is 11.4 Å². The standard InChI is InChI=1S/C16H15N5O3S/c1-9(10-5-3-4-6-13(10)25-2)19-15(22)12-8-17-11(7-18-12)14-20-16(23)24-21-14/h3-9H,1-2H3,(H,19,22)(H,20,21,23)/t9-/m1/s1. The summed E-state index contributed by atoms with van der Waals surface area (Å²) >= 11 is 1.62. The van der Waals surface area contributed by atoms with Crippen LogP contribution in [0.15, 0.2) is 50.9 Å². The van der Waals surface area contributed by atoms with Crippen LogP contribution in [-0.2, 0) is 0 Å². The van der Waals surface area contributed by atoms with Crippen molar-refractivity contribution in [2.24, 2.45) is 0 Å². The number of carbonyl (C=O) groups is 1. The zero-order chi connectivity index (χ0) is 17.8. The van der Waals surface area contributed by atoms with Crippen LogP contribution in [0.3, 0.4) is 0 Å². The molecule has 3 aromatic rings. The number of amides is 1. The molecule has 9 heteroatoms. The number of aromatic amines is 1. The first kappa shape index (κ1) is 16.9. The number of rotatable bonds is 5. The Morgan fingerprint density at radius 2 is 2.08 bits per heavy atom. The van der Waals surface area contributed by atoms with Crippen LogP contribution in [0.4, 0.5) is 0 Å². The molecule has 25 heavy (non-hydrogen) atoms. The predicted octanol–water partition coefficient (Wildman–Crippen LogP) is 2.03. The highest BCUT2D eigenvalue weighted by Crippen LogP contribution is 2.25. The van der Waals surface area contributed by atoms with Crippen LogP contribution >= 0.6 is 11.8 Å². The highest BCUT2D eigenvalue weighted by molar-refractivity contribution is 7.98. The second-order valence-electron chi connectivity index (χ2n) is 5.17. The van der Waals surface area contributed by atoms with E-state index in [1.807, 2.05) is 37.4 Å². The molecular weight excluding hydrogens is 342 g/mol. The lowest BCUT2D eigenvalue weighted by molar-refractivity contribution is 0.0934. The highest BCUT2D eigenvalue weighted by atomic mass is 32.2. The van der Waals surface area contributed by atoms with Gasteiger partial charge < -0.3 is 5.32 Å². The van der Waals surface area contributed by atoms with Crippen molar-refractivity contribution in [1.82, 2.24) is 25.4 Å². The van der Waals surface area contributed by atoms with Crippen molar-refractivity contribution in [3.05, 3.63) is 58.5 Å². The molecule has 2 heterocycles. The zero-order valence-corrected chi connectivity index (χ0v) is 14.3. The third kappa shape index (κ3) is 3.77. The monoisotopic (exact) mass is 357 g/mol. The quantitative estimate of drug-likeness (QED) is 0.672. The molecule has 0 bridgehead atoms. The second kappa shape index (κ2) is 7.31. The van der Waals surface area contributed by atoms with Gasteiger partial charge in [-0.25, -0.2) is 14.8 Å². The van der Waals surface area contributed by atoms with E-state index in [1.165, 1.54) is 12.4 Å². The first-order valence-electron chi connectivity index (χ1n) is 7.40. The van der Waals surface area contributed by atoms with Crippen LogP contribution < -0.4 is 11.1 Å². The smallest absolute Gasteiger partial charge is 0.344 e. The maximum atomic E-state index is 12.4. The van der Waals surface area contributed by atoms with E-state index in [0.29, 0.717) is 5.69 Å². The first-order valence-corrected chi connectivity index (χ1v) is 8.63. The maximum absolute atomic E-state index is 12.4. The largest absolute Gasteiger partial charge is 0.439 e. The molecule has 0 radical (unpaired) electrons. The molecule has 8 nitrogen and oxygen atoms in total. The van der Waals surface area contributed by atoms with Gasteiger partial charge in [0.2, 0.25) is 5.82 Å². The van der Waals surface area contributed by atoms with E-state index >= 15 is 0 Å². The molecule has 1 aromatic carbocycles. The molecule has 0 saturated carbocycles. The Hall–Kier alpha value is -2.94. The molecule has 0 saturated heterocycles. The topological polar surface area (TPSA) is 114 Å². The maximum Gasteiger partial charge on any atom is 0.439 e. The van der Waals surface area contributed by atoms with E-state index in [4.69, 9.17) is 0 Å². The number of H-pyrrole nitrogens is 1. The number of hydrogen-bond donors (Lipinski definition) is 2. The summed E-state index contributed by atoms with van der Waals surface area (Å²) in [6.07, 6.45) is 4.67. The number of nitrogens with zero attached hydrogens (tertiary/aromatic N) is 3. The summed E-state index contributed by atoms with van der Waals surface area (Å²) in [5, 5.41) is 6.42. The Kier molecular flexibility index (Phi) is 4.94. The van der Waals surface area contributed by atoms with Gasteiger partial charge in [-0.05, 0) is 24.8 Å². The van der Waals surface area contributed by atoms with Crippen molar-refractivity contribution in [2.45, 2.75) is 17.9 Å². The van der Waals surface area contributed by atoms with Crippen molar-refractivity contribution >= 4 is 17.7 Å². The molecule has 128 valence electrons. The third-order valence-electron chi connectivity index (χ3n) is 3.52. The van der Waals surface area contributed by atoms with Gasteiger partial charge in [0.15, 0.2) is 0 Å². The van der Waals surface area contributed by atoms with Crippen LogP contribution in [0.2, 0.25) is 0 Å². The average molecular weight is 357 g/mol. The van der Waals surface area contributed by atoms with Crippen LogP contribution in [0.25, 0.3) is 11.5 Å². The highest BCUT2D eigenvalue weighted by Gasteiger charge is 2.16. The summed E-state index contributed by atoms with van der Waals surface area (Å²) in [5.74, 6) is -0.859. The molecule has 2 N–H and O–H groups in total. The summed E-state index contributed by atoms with van der Waals surface area (Å²) in [6, 6.07) is 7.71. The molecule has 1 amide bonds. The Balaban J connectivity index is 1.74. The van der Waals surface area contributed by atoms with Crippen molar-refractivity contribution in [1.29, 1.82) is 0 Å². The number of aromatic nitrogens is 4. The fraction of sp³-hybridized carbons (Fsp3) is 0.188. The summed E-state index contributed by atoms with van der Waals surface area (Å²) in [5.41, 5.74) is 1.51. The lowest BCUT2D eigenvalue weighted by atomic mass is 10.1. The van der Waals surface area contributed by atoms with E-state index in [-0.39, 0.29) is 23.5 Å². The lowest BCUT2D eigenvalue weighted by Gasteiger charge is -2.16. The van der Waals surface area contributed by atoms with E-state index in [1.54, 1.807) is 11.8 Å². The van der Waals surface area contributed by atoms with E-state index in [2.05, 4.69) is 29.9 Å². The van der Waals surface area contributed by atoms with Gasteiger partial charge in [-0.1, -0.05) is 23.4 Å². The molecule has 0 aliphatic carbocycles. The minimum Gasteiger partial charge on any atom is -0.344 e. The van der Waals surface area contributed by atoms with Gasteiger partial charge in [0.05, 0.1) is 18.4 Å². The fourth-order valence-corrected chi connectivity index (χ4v) is 2.98. The van der Waals surface area contributed by atoms with Gasteiger partial charge in [-0.2, -0.15) is 0 Å². The van der Waals surface area contributed by atoms with Crippen molar-refractivity contribution in [3.8, 4) is 11.5 Å². The van der Waals surface area contributed by atoms with Crippen LogP contribution in [0.1, 0.15) is 29.0 Å². The number of benzene rings is 1. The third-order valence-corrected chi connectivity index (χ3v) is 4.33. The Morgan fingerprint density at radius 1 is 1.28 bits per heavy atom. The first-order chi connectivity index (χ1) is 12.1. The summed E-state index contributed by atoms with van der Waals surface area (Å²) in [6.45, 7) is 1.91. The molecule has 0 aliphatic rings. The zero-order valence-electron chi connectivity index (χ0n) is 13.5. The summed E-state index contributed by atoms with van der Waals surface area (Å²) in [7, 11) is 0. The molecule has 0 spiro atoms. The summed E-state index contributed by atoms with van der Waals surface area (Å²) < 4.78 is 4.41. The molecule has 3 rings (SSSR count). The number of hydrogen-bond acceptors (Lipinski definition) is 7. The number of thioether (sulfide) groups is 1. The van der Waals surface area contributed by atoms with E-state index in [9.17, 15) is 9.59 Å². The molecule has 2 aromatic heterocycles. The van der Waals surface area contributed by atoms with Crippen molar-refractivity contribution in [2.75, 3.05) is 6.26 Å². The van der Waals surface area contributed by atoms with Crippen LogP contribution in [-0.4, -0.2) is 32.3 Å². The second-order valence-corrected chi connectivity index (χ2v) is 6.02. The normalized spacial score (nSPS) is 11.9. The lowest BCUT2D eigenvalue weighted by Crippen LogP contribution is -2.27. The van der Waals surface area contributed by atoms with Gasteiger partial charge in [0.25, 0.3) is 5.91 Å². The van der Waals surface area contributed by atoms with E-state index < -0.39 is 5.76 Å². The SMILES string of the molecule is CSc1ccccc1[C@@H](C)NC(=O)c1cnc(-c2noc(=O)[nH]2)cn1. The average Bonchev–Trinajstić information content (AvgIpc) is 3.08. The number of nitrogens with one attached hydrogen (secondary N) is 2. The van der Waals surface area contributed by atoms with Gasteiger partial charge in [0, 0.05) is 4.90 Å². The Morgan fingerprint density at radius 3 is 2.72 bits per heavy atom. The number of carbonyl (C=O) groups excluding carboxylic acids is 1. The fourth-order valence-electron chi connectivity index (χ4n) is 2.28. The Labute approximate surface area is 147 Å². The van der Waals surface area contributed by atoms with Gasteiger partial charge in [-0.15, -0.1) is 11.8 Å². The minimum atomic E-state index is -0.681. The van der Waals surface area contributed by atoms with Crippen LogP contribution in [0.5, 0.6) is 0 Å². The molecule has 0 unspecified atom stereocenters. The molecule has 0 aliphatic heterocycles. The van der Waals surface area contributed by atoms with Crippen LogP contribution in [0, 0.1) is 0 Å². The van der Waals surface area contributed by atoms with Gasteiger partial charge >= 0.3 is 5.76 Å². The molecular formula is C16H15N5O3S. The Bertz CT molecular complexity index is 935.